The molecule has 5 heteroatoms. The van der Waals surface area contributed by atoms with E-state index in [0.717, 1.165) is 45.1 Å². The number of carbonyl (C=O) groups excluding carboxylic acids is 1. The smallest absolute Gasteiger partial charge is 0.242 e. The lowest BCUT2D eigenvalue weighted by molar-refractivity contribution is -0.138. The van der Waals surface area contributed by atoms with Gasteiger partial charge in [0.1, 0.15) is 0 Å². The molecule has 0 radical (unpaired) electrons. The number of rotatable bonds is 4. The molecule has 4 nitrogen and oxygen atoms in total. The first kappa shape index (κ1) is 18.7. The van der Waals surface area contributed by atoms with Crippen LogP contribution in [0.2, 0.25) is 0 Å². The van der Waals surface area contributed by atoms with Crippen molar-refractivity contribution in [3.05, 3.63) is 0 Å². The fourth-order valence-electron chi connectivity index (χ4n) is 3.72. The van der Waals surface area contributed by atoms with Crippen LogP contribution in [0.4, 0.5) is 0 Å². The Bertz CT molecular complexity index is 321. The molecule has 2 N–H and O–H groups in total. The molecule has 1 atom stereocenters. The van der Waals surface area contributed by atoms with Crippen molar-refractivity contribution in [1.29, 1.82) is 0 Å². The van der Waals surface area contributed by atoms with Crippen molar-refractivity contribution < 1.29 is 4.79 Å². The number of nitrogens with two attached hydrogens (primary N) is 1. The van der Waals surface area contributed by atoms with Crippen molar-refractivity contribution in [3.63, 3.8) is 0 Å². The van der Waals surface area contributed by atoms with Crippen molar-refractivity contribution >= 4 is 18.3 Å². The van der Waals surface area contributed by atoms with E-state index in [1.54, 1.807) is 0 Å². The van der Waals surface area contributed by atoms with Gasteiger partial charge in [0.25, 0.3) is 0 Å². The average molecular weight is 318 g/mol. The predicted octanol–water partition coefficient (Wildman–Crippen LogP) is 2.40. The van der Waals surface area contributed by atoms with Crippen molar-refractivity contribution in [2.75, 3.05) is 26.2 Å². The molecule has 1 heterocycles. The Morgan fingerprint density at radius 3 is 2.24 bits per heavy atom. The Balaban J connectivity index is 0.00000220. The summed E-state index contributed by atoms with van der Waals surface area (Å²) in [6.07, 6.45) is 8.58. The van der Waals surface area contributed by atoms with E-state index in [9.17, 15) is 4.79 Å². The summed E-state index contributed by atoms with van der Waals surface area (Å²) in [5, 5.41) is 0. The molecule has 2 rings (SSSR count). The van der Waals surface area contributed by atoms with Crippen LogP contribution in [0.25, 0.3) is 0 Å². The summed E-state index contributed by atoms with van der Waals surface area (Å²) in [4.78, 5) is 17.1. The zero-order chi connectivity index (χ0) is 14.6. The van der Waals surface area contributed by atoms with Gasteiger partial charge in [-0.05, 0) is 26.2 Å². The second kappa shape index (κ2) is 8.35. The van der Waals surface area contributed by atoms with Crippen LogP contribution in [0.15, 0.2) is 0 Å². The van der Waals surface area contributed by atoms with Crippen molar-refractivity contribution in [3.8, 4) is 0 Å². The fourth-order valence-corrected chi connectivity index (χ4v) is 3.72. The number of hydrogen-bond acceptors (Lipinski definition) is 3. The van der Waals surface area contributed by atoms with Crippen LogP contribution in [0.3, 0.4) is 0 Å². The predicted molar refractivity (Wildman–Crippen MR) is 89.8 cm³/mol. The van der Waals surface area contributed by atoms with E-state index in [1.807, 2.05) is 11.8 Å². The largest absolute Gasteiger partial charge is 0.339 e. The minimum absolute atomic E-state index is 0. The molecule has 1 amide bonds. The molecule has 1 aliphatic heterocycles. The summed E-state index contributed by atoms with van der Waals surface area (Å²) < 4.78 is 0. The highest BCUT2D eigenvalue weighted by atomic mass is 35.5. The standard InChI is InChI=1S/C16H31N3O.ClH/c1-3-9-16(2,17)15(20)19-12-10-18(11-13-19)14-7-5-4-6-8-14;/h14H,3-13,17H2,1-2H3;1H. The number of piperazine rings is 1. The van der Waals surface area contributed by atoms with E-state index in [2.05, 4.69) is 11.8 Å². The van der Waals surface area contributed by atoms with Gasteiger partial charge in [0.15, 0.2) is 0 Å². The zero-order valence-corrected chi connectivity index (χ0v) is 14.5. The molecular weight excluding hydrogens is 286 g/mol. The molecule has 124 valence electrons. The molecule has 21 heavy (non-hydrogen) atoms. The summed E-state index contributed by atoms with van der Waals surface area (Å²) in [6.45, 7) is 7.72. The summed E-state index contributed by atoms with van der Waals surface area (Å²) in [5.41, 5.74) is 5.50. The zero-order valence-electron chi connectivity index (χ0n) is 13.6. The van der Waals surface area contributed by atoms with Gasteiger partial charge in [-0.3, -0.25) is 9.69 Å². The number of halogens is 1. The molecule has 0 aromatic carbocycles. The van der Waals surface area contributed by atoms with Gasteiger partial charge in [-0.1, -0.05) is 32.6 Å². The minimum Gasteiger partial charge on any atom is -0.339 e. The van der Waals surface area contributed by atoms with Gasteiger partial charge in [-0.25, -0.2) is 0 Å². The number of nitrogens with zero attached hydrogens (tertiary/aromatic N) is 2. The van der Waals surface area contributed by atoms with Gasteiger partial charge in [0.2, 0.25) is 5.91 Å². The highest BCUT2D eigenvalue weighted by molar-refractivity contribution is 5.86. The number of amides is 1. The second-order valence-corrected chi connectivity index (χ2v) is 6.79. The van der Waals surface area contributed by atoms with E-state index < -0.39 is 5.54 Å². The molecule has 0 aromatic heterocycles. The van der Waals surface area contributed by atoms with Crippen LogP contribution in [0, 0.1) is 0 Å². The quantitative estimate of drug-likeness (QED) is 0.866. The third-order valence-corrected chi connectivity index (χ3v) is 4.95. The van der Waals surface area contributed by atoms with Gasteiger partial charge in [0.05, 0.1) is 5.54 Å². The first-order chi connectivity index (χ1) is 9.54. The van der Waals surface area contributed by atoms with E-state index in [1.165, 1.54) is 32.1 Å². The van der Waals surface area contributed by atoms with E-state index in [4.69, 9.17) is 5.73 Å². The lowest BCUT2D eigenvalue weighted by Crippen LogP contribution is -2.59. The van der Waals surface area contributed by atoms with Crippen LogP contribution in [0.1, 0.15) is 58.8 Å². The van der Waals surface area contributed by atoms with Crippen LogP contribution in [-0.2, 0) is 4.79 Å². The Morgan fingerprint density at radius 1 is 1.14 bits per heavy atom. The summed E-state index contributed by atoms with van der Waals surface area (Å²) in [7, 11) is 0. The highest BCUT2D eigenvalue weighted by Gasteiger charge is 2.34. The van der Waals surface area contributed by atoms with Crippen molar-refractivity contribution in [2.45, 2.75) is 70.4 Å². The molecular formula is C16H32ClN3O. The average Bonchev–Trinajstić information content (AvgIpc) is 2.47. The lowest BCUT2D eigenvalue weighted by Gasteiger charge is -2.42. The van der Waals surface area contributed by atoms with Crippen LogP contribution in [-0.4, -0.2) is 53.5 Å². The second-order valence-electron chi connectivity index (χ2n) is 6.79. The first-order valence-electron chi connectivity index (χ1n) is 8.37. The normalized spacial score (nSPS) is 24.2. The maximum Gasteiger partial charge on any atom is 0.242 e. The van der Waals surface area contributed by atoms with Gasteiger partial charge in [-0.2, -0.15) is 0 Å². The van der Waals surface area contributed by atoms with Gasteiger partial charge in [-0.15, -0.1) is 12.4 Å². The third-order valence-electron chi connectivity index (χ3n) is 4.95. The molecule has 1 aliphatic carbocycles. The molecule has 1 unspecified atom stereocenters. The van der Waals surface area contributed by atoms with Gasteiger partial charge in [0, 0.05) is 32.2 Å². The maximum atomic E-state index is 12.5. The Morgan fingerprint density at radius 2 is 1.71 bits per heavy atom. The monoisotopic (exact) mass is 317 g/mol. The van der Waals surface area contributed by atoms with Gasteiger partial charge >= 0.3 is 0 Å². The highest BCUT2D eigenvalue weighted by Crippen LogP contribution is 2.24. The topological polar surface area (TPSA) is 49.6 Å². The minimum atomic E-state index is -0.679. The molecule has 0 spiro atoms. The van der Waals surface area contributed by atoms with E-state index >= 15 is 0 Å². The molecule has 2 aliphatic rings. The summed E-state index contributed by atoms with van der Waals surface area (Å²) in [6, 6.07) is 0.765. The number of hydrogen-bond donors (Lipinski definition) is 1. The van der Waals surface area contributed by atoms with Crippen molar-refractivity contribution in [2.24, 2.45) is 5.73 Å². The molecule has 0 aromatic rings. The first-order valence-corrected chi connectivity index (χ1v) is 8.37. The van der Waals surface area contributed by atoms with Crippen molar-refractivity contribution in [1.82, 2.24) is 9.80 Å². The Hall–Kier alpha value is -0.320. The Kier molecular flexibility index (Phi) is 7.45. The van der Waals surface area contributed by atoms with E-state index in [0.29, 0.717) is 0 Å². The van der Waals surface area contributed by atoms with Crippen LogP contribution >= 0.6 is 12.4 Å². The fraction of sp³-hybridized carbons (Fsp3) is 0.938. The molecule has 1 saturated heterocycles. The Labute approximate surface area is 135 Å². The van der Waals surface area contributed by atoms with E-state index in [-0.39, 0.29) is 18.3 Å². The lowest BCUT2D eigenvalue weighted by atomic mass is 9.93. The summed E-state index contributed by atoms with van der Waals surface area (Å²) >= 11 is 0. The van der Waals surface area contributed by atoms with Crippen LogP contribution in [0.5, 0.6) is 0 Å². The maximum absolute atomic E-state index is 12.5. The third kappa shape index (κ3) is 4.83. The number of carbonyl (C=O) groups is 1. The molecule has 0 bridgehead atoms. The van der Waals surface area contributed by atoms with Crippen LogP contribution < -0.4 is 5.73 Å². The SMILES string of the molecule is CCCC(C)(N)C(=O)N1CCN(C2CCCCC2)CC1.Cl. The molecule has 1 saturated carbocycles. The van der Waals surface area contributed by atoms with Gasteiger partial charge < -0.3 is 10.6 Å². The summed E-state index contributed by atoms with van der Waals surface area (Å²) in [5.74, 6) is 0.141. The molecule has 2 fully saturated rings.